The fourth-order valence-electron chi connectivity index (χ4n) is 2.46. The number of benzene rings is 1. The average Bonchev–Trinajstić information content (AvgIpc) is 2.52. The van der Waals surface area contributed by atoms with Gasteiger partial charge in [0.05, 0.1) is 12.7 Å². The van der Waals surface area contributed by atoms with Crippen molar-refractivity contribution in [3.63, 3.8) is 0 Å². The first-order valence-electron chi connectivity index (χ1n) is 7.99. The Morgan fingerprint density at radius 3 is 2.48 bits per heavy atom. The van der Waals surface area contributed by atoms with E-state index in [0.717, 1.165) is 57.1 Å². The number of nitrogens with zero attached hydrogens (tertiary/aromatic N) is 1. The summed E-state index contributed by atoms with van der Waals surface area (Å²) in [5.74, 6) is 1.40. The molecule has 1 heterocycles. The number of rotatable bonds is 7. The number of aliphatic hydroxyl groups is 1. The Morgan fingerprint density at radius 1 is 1.19 bits per heavy atom. The number of ether oxygens (including phenoxy) is 1. The van der Waals surface area contributed by atoms with Crippen molar-refractivity contribution < 1.29 is 9.84 Å². The molecule has 21 heavy (non-hydrogen) atoms. The maximum absolute atomic E-state index is 10.3. The summed E-state index contributed by atoms with van der Waals surface area (Å²) in [6.45, 7) is 10.2. The Kier molecular flexibility index (Phi) is 6.49. The van der Waals surface area contributed by atoms with Gasteiger partial charge >= 0.3 is 0 Å². The van der Waals surface area contributed by atoms with E-state index in [4.69, 9.17) is 4.74 Å². The second-order valence-electron chi connectivity index (χ2n) is 6.17. The van der Waals surface area contributed by atoms with E-state index < -0.39 is 0 Å². The molecule has 1 saturated heterocycles. The first-order chi connectivity index (χ1) is 10.1. The van der Waals surface area contributed by atoms with Crippen LogP contribution in [0.4, 0.5) is 0 Å². The highest BCUT2D eigenvalue weighted by atomic mass is 16.5. The van der Waals surface area contributed by atoms with Gasteiger partial charge in [-0.25, -0.2) is 0 Å². The number of piperazine rings is 1. The van der Waals surface area contributed by atoms with Crippen LogP contribution in [0.5, 0.6) is 5.75 Å². The predicted octanol–water partition coefficient (Wildman–Crippen LogP) is 2.05. The SMILES string of the molecule is CC(C)COc1ccc(C(O)CCN2CCNCC2)cc1. The molecular weight excluding hydrogens is 264 g/mol. The van der Waals surface area contributed by atoms with Crippen molar-refractivity contribution in [1.29, 1.82) is 0 Å². The van der Waals surface area contributed by atoms with E-state index in [0.29, 0.717) is 5.92 Å². The van der Waals surface area contributed by atoms with Crippen LogP contribution in [0.3, 0.4) is 0 Å². The van der Waals surface area contributed by atoms with Crippen LogP contribution in [-0.4, -0.2) is 49.3 Å². The largest absolute Gasteiger partial charge is 0.493 e. The number of nitrogens with one attached hydrogen (secondary N) is 1. The van der Waals surface area contributed by atoms with E-state index in [1.54, 1.807) is 0 Å². The van der Waals surface area contributed by atoms with Crippen LogP contribution in [0.15, 0.2) is 24.3 Å². The molecule has 0 saturated carbocycles. The molecule has 0 amide bonds. The van der Waals surface area contributed by atoms with Crippen molar-refractivity contribution in [3.05, 3.63) is 29.8 Å². The minimum Gasteiger partial charge on any atom is -0.493 e. The van der Waals surface area contributed by atoms with Crippen LogP contribution in [0, 0.1) is 5.92 Å². The molecule has 1 fully saturated rings. The molecule has 4 nitrogen and oxygen atoms in total. The summed E-state index contributed by atoms with van der Waals surface area (Å²) in [4.78, 5) is 2.40. The van der Waals surface area contributed by atoms with E-state index in [9.17, 15) is 5.11 Å². The maximum Gasteiger partial charge on any atom is 0.119 e. The van der Waals surface area contributed by atoms with Gasteiger partial charge in [0.25, 0.3) is 0 Å². The zero-order chi connectivity index (χ0) is 15.1. The van der Waals surface area contributed by atoms with E-state index in [1.807, 2.05) is 24.3 Å². The van der Waals surface area contributed by atoms with Gasteiger partial charge in [0, 0.05) is 32.7 Å². The first kappa shape index (κ1) is 16.3. The van der Waals surface area contributed by atoms with Crippen LogP contribution < -0.4 is 10.1 Å². The van der Waals surface area contributed by atoms with Crippen molar-refractivity contribution in [2.75, 3.05) is 39.3 Å². The van der Waals surface area contributed by atoms with Crippen molar-refractivity contribution in [3.8, 4) is 5.75 Å². The molecule has 1 aromatic carbocycles. The molecule has 2 N–H and O–H groups in total. The Hall–Kier alpha value is -1.10. The van der Waals surface area contributed by atoms with Gasteiger partial charge in [-0.1, -0.05) is 26.0 Å². The van der Waals surface area contributed by atoms with Crippen LogP contribution in [0.25, 0.3) is 0 Å². The van der Waals surface area contributed by atoms with Crippen molar-refractivity contribution in [2.45, 2.75) is 26.4 Å². The fraction of sp³-hybridized carbons (Fsp3) is 0.647. The van der Waals surface area contributed by atoms with Gasteiger partial charge in [-0.15, -0.1) is 0 Å². The molecule has 1 aliphatic rings. The zero-order valence-electron chi connectivity index (χ0n) is 13.2. The molecule has 2 rings (SSSR count). The number of hydrogen-bond donors (Lipinski definition) is 2. The number of aliphatic hydroxyl groups excluding tert-OH is 1. The summed E-state index contributed by atoms with van der Waals surface area (Å²) in [7, 11) is 0. The van der Waals surface area contributed by atoms with Crippen molar-refractivity contribution in [2.24, 2.45) is 5.92 Å². The van der Waals surface area contributed by atoms with Gasteiger partial charge in [0.1, 0.15) is 5.75 Å². The summed E-state index contributed by atoms with van der Waals surface area (Å²) in [6, 6.07) is 7.84. The lowest BCUT2D eigenvalue weighted by molar-refractivity contribution is 0.136. The third-order valence-corrected chi connectivity index (χ3v) is 3.78. The second-order valence-corrected chi connectivity index (χ2v) is 6.17. The molecule has 1 aromatic rings. The summed E-state index contributed by atoms with van der Waals surface area (Å²) in [6.07, 6.45) is 0.394. The Balaban J connectivity index is 1.77. The molecule has 0 bridgehead atoms. The predicted molar refractivity (Wildman–Crippen MR) is 85.7 cm³/mol. The lowest BCUT2D eigenvalue weighted by atomic mass is 10.1. The van der Waals surface area contributed by atoms with Crippen LogP contribution in [-0.2, 0) is 0 Å². The Morgan fingerprint density at radius 2 is 1.86 bits per heavy atom. The number of hydrogen-bond acceptors (Lipinski definition) is 4. The molecule has 1 atom stereocenters. The van der Waals surface area contributed by atoms with Crippen molar-refractivity contribution >= 4 is 0 Å². The quantitative estimate of drug-likeness (QED) is 0.807. The van der Waals surface area contributed by atoms with Crippen LogP contribution >= 0.6 is 0 Å². The Bertz CT molecular complexity index is 400. The van der Waals surface area contributed by atoms with Crippen LogP contribution in [0.2, 0.25) is 0 Å². The van der Waals surface area contributed by atoms with Crippen LogP contribution in [0.1, 0.15) is 31.9 Å². The van der Waals surface area contributed by atoms with Gasteiger partial charge in [-0.3, -0.25) is 0 Å². The van der Waals surface area contributed by atoms with Gasteiger partial charge in [0.2, 0.25) is 0 Å². The van der Waals surface area contributed by atoms with Gasteiger partial charge in [0.15, 0.2) is 0 Å². The highest BCUT2D eigenvalue weighted by molar-refractivity contribution is 5.28. The Labute approximate surface area is 128 Å². The molecule has 1 aliphatic heterocycles. The summed E-state index contributed by atoms with van der Waals surface area (Å²) in [5, 5.41) is 13.6. The average molecular weight is 292 g/mol. The maximum atomic E-state index is 10.3. The third-order valence-electron chi connectivity index (χ3n) is 3.78. The standard InChI is InChI=1S/C17H28N2O2/c1-14(2)13-21-16-5-3-15(4-6-16)17(20)7-10-19-11-8-18-9-12-19/h3-6,14,17-18,20H,7-13H2,1-2H3. The molecule has 0 spiro atoms. The van der Waals surface area contributed by atoms with Gasteiger partial charge in [-0.05, 0) is 30.0 Å². The highest BCUT2D eigenvalue weighted by Gasteiger charge is 2.13. The van der Waals surface area contributed by atoms with E-state index in [-0.39, 0.29) is 6.10 Å². The minimum atomic E-state index is -0.390. The zero-order valence-corrected chi connectivity index (χ0v) is 13.2. The van der Waals surface area contributed by atoms with E-state index in [2.05, 4.69) is 24.1 Å². The fourth-order valence-corrected chi connectivity index (χ4v) is 2.46. The normalized spacial score (nSPS) is 17.9. The van der Waals surface area contributed by atoms with Gasteiger partial charge in [-0.2, -0.15) is 0 Å². The summed E-state index contributed by atoms with van der Waals surface area (Å²) < 4.78 is 5.66. The summed E-state index contributed by atoms with van der Waals surface area (Å²) >= 11 is 0. The molecule has 1 unspecified atom stereocenters. The molecule has 0 aliphatic carbocycles. The second kappa shape index (κ2) is 8.37. The lowest BCUT2D eigenvalue weighted by Crippen LogP contribution is -2.44. The molecule has 4 heteroatoms. The monoisotopic (exact) mass is 292 g/mol. The third kappa shape index (κ3) is 5.65. The summed E-state index contributed by atoms with van der Waals surface area (Å²) in [5.41, 5.74) is 0.974. The molecule has 0 radical (unpaired) electrons. The van der Waals surface area contributed by atoms with E-state index >= 15 is 0 Å². The van der Waals surface area contributed by atoms with Gasteiger partial charge < -0.3 is 20.1 Å². The highest BCUT2D eigenvalue weighted by Crippen LogP contribution is 2.21. The minimum absolute atomic E-state index is 0.390. The molecule has 118 valence electrons. The molecular formula is C17H28N2O2. The topological polar surface area (TPSA) is 44.7 Å². The van der Waals surface area contributed by atoms with Crippen molar-refractivity contribution in [1.82, 2.24) is 10.2 Å². The lowest BCUT2D eigenvalue weighted by Gasteiger charge is -2.28. The van der Waals surface area contributed by atoms with E-state index in [1.165, 1.54) is 0 Å². The smallest absolute Gasteiger partial charge is 0.119 e. The molecule has 0 aromatic heterocycles. The first-order valence-corrected chi connectivity index (χ1v) is 7.99.